The van der Waals surface area contributed by atoms with Crippen molar-refractivity contribution in [1.29, 1.82) is 0 Å². The summed E-state index contributed by atoms with van der Waals surface area (Å²) in [5, 5.41) is 4.07. The minimum atomic E-state index is -2.83. The first-order chi connectivity index (χ1) is 12.0. The first-order valence-electron chi connectivity index (χ1n) is 8.08. The summed E-state index contributed by atoms with van der Waals surface area (Å²) in [4.78, 5) is 31.1. The topological polar surface area (TPSA) is 123 Å². The Morgan fingerprint density at radius 2 is 2.28 bits per heavy atom. The van der Waals surface area contributed by atoms with Crippen LogP contribution in [0.4, 0.5) is 4.79 Å². The second kappa shape index (κ2) is 8.14. The molecule has 0 spiro atoms. The van der Waals surface area contributed by atoms with Gasteiger partial charge in [-0.05, 0) is 31.7 Å². The van der Waals surface area contributed by atoms with Crippen molar-refractivity contribution in [2.45, 2.75) is 37.4 Å². The number of nitrogens with zero attached hydrogens (tertiary/aromatic N) is 2. The maximum absolute atomic E-state index is 12.3. The second-order valence-electron chi connectivity index (χ2n) is 6.42. The van der Waals surface area contributed by atoms with Crippen LogP contribution in [0.15, 0.2) is 0 Å². The highest BCUT2D eigenvalue weighted by atomic mass is 35.5. The number of urea groups is 1. The second-order valence-corrected chi connectivity index (χ2v) is 7.29. The van der Waals surface area contributed by atoms with Gasteiger partial charge in [0.1, 0.15) is 17.4 Å². The molecule has 3 fully saturated rings. The number of nitrogens with one attached hydrogen (secondary N) is 2. The van der Waals surface area contributed by atoms with Gasteiger partial charge in [-0.1, -0.05) is 0 Å². The molecule has 3 aliphatic heterocycles. The smallest absolute Gasteiger partial charge is 0.346 e. The molecule has 0 aromatic carbocycles. The molecule has 0 aromatic rings. The molecule has 3 amide bonds. The van der Waals surface area contributed by atoms with Crippen molar-refractivity contribution in [1.82, 2.24) is 20.8 Å². The van der Waals surface area contributed by atoms with Gasteiger partial charge in [0.05, 0.1) is 12.6 Å². The monoisotopic (exact) mass is 395 g/mol. The summed E-state index contributed by atoms with van der Waals surface area (Å²) < 4.78 is 25.8. The van der Waals surface area contributed by atoms with Crippen LogP contribution in [0, 0.1) is 5.92 Å². The lowest BCUT2D eigenvalue weighted by Gasteiger charge is -2.29. The molecule has 2 N–H and O–H groups in total. The van der Waals surface area contributed by atoms with E-state index in [9.17, 15) is 18.4 Å². The Hall–Kier alpha value is -0.980. The number of carbonyl (C=O) groups excluding carboxylic acids is 2. The number of hydrogen-bond donors (Lipinski definition) is 2. The number of rotatable bonds is 7. The molecule has 12 heteroatoms. The van der Waals surface area contributed by atoms with E-state index in [1.165, 1.54) is 4.90 Å². The Balaban J connectivity index is 1.47. The van der Waals surface area contributed by atoms with Crippen molar-refractivity contribution < 1.29 is 27.5 Å². The van der Waals surface area contributed by atoms with Crippen molar-refractivity contribution >= 4 is 34.9 Å². The van der Waals surface area contributed by atoms with Crippen molar-refractivity contribution in [3.05, 3.63) is 0 Å². The first kappa shape index (κ1) is 18.8. The molecule has 0 radical (unpaired) electrons. The number of halogens is 1. The minimum absolute atomic E-state index is 0.129. The fourth-order valence-corrected chi connectivity index (χ4v) is 4.05. The van der Waals surface area contributed by atoms with E-state index in [0.717, 1.165) is 18.0 Å². The third kappa shape index (κ3) is 4.23. The standard InChI is InChI=1S/C13H21ClN4O6S/c14-4-8-3-9(15-5-8)7-23-16-12(19)11-2-1-10-6-17(11)13(20)18(10)24-25(21)22/h8-11,15H,1-7H2,(H,16,19)(H,21,22)/p-1/t8-,9+,10?,11?/m1/s1. The van der Waals surface area contributed by atoms with Crippen molar-refractivity contribution in [3.8, 4) is 0 Å². The quantitative estimate of drug-likeness (QED) is 0.330. The molecule has 0 aromatic heterocycles. The fraction of sp³-hybridized carbons (Fsp3) is 0.846. The number of amides is 3. The zero-order valence-corrected chi connectivity index (χ0v) is 15.0. The third-order valence-corrected chi connectivity index (χ3v) is 5.47. The van der Waals surface area contributed by atoms with Gasteiger partial charge in [0.25, 0.3) is 5.91 Å². The molecule has 5 atom stereocenters. The highest BCUT2D eigenvalue weighted by molar-refractivity contribution is 7.74. The summed E-state index contributed by atoms with van der Waals surface area (Å²) >= 11 is 2.98. The number of hydrogen-bond acceptors (Lipinski definition) is 7. The Morgan fingerprint density at radius 3 is 2.96 bits per heavy atom. The summed E-state index contributed by atoms with van der Waals surface area (Å²) in [6.45, 7) is 1.39. The molecule has 25 heavy (non-hydrogen) atoms. The van der Waals surface area contributed by atoms with Crippen LogP contribution in [0.5, 0.6) is 0 Å². The lowest BCUT2D eigenvalue weighted by Crippen LogP contribution is -2.50. The average Bonchev–Trinajstić information content (AvgIpc) is 3.14. The molecular formula is C13H20ClN4O6S-. The Kier molecular flexibility index (Phi) is 6.12. The molecule has 3 heterocycles. The Labute approximate surface area is 152 Å². The van der Waals surface area contributed by atoms with Gasteiger partial charge in [-0.2, -0.15) is 9.35 Å². The highest BCUT2D eigenvalue weighted by Crippen LogP contribution is 2.30. The number of fused-ring (bicyclic) bond motifs is 2. The SMILES string of the molecule is O=C(NOC[C@@H]1C[C@H](CCl)CN1)C1CCC2CN1C(=O)N2OS(=O)[O-]. The van der Waals surface area contributed by atoms with Crippen molar-refractivity contribution in [2.24, 2.45) is 5.92 Å². The minimum Gasteiger partial charge on any atom is -0.748 e. The highest BCUT2D eigenvalue weighted by Gasteiger charge is 2.48. The van der Waals surface area contributed by atoms with E-state index >= 15 is 0 Å². The molecule has 3 saturated heterocycles. The maximum Gasteiger partial charge on any atom is 0.346 e. The Morgan fingerprint density at radius 1 is 1.48 bits per heavy atom. The van der Waals surface area contributed by atoms with Crippen LogP contribution >= 0.6 is 11.6 Å². The maximum atomic E-state index is 12.3. The van der Waals surface area contributed by atoms with E-state index in [1.807, 2.05) is 0 Å². The van der Waals surface area contributed by atoms with Crippen LogP contribution in [0.3, 0.4) is 0 Å². The molecule has 3 aliphatic rings. The van der Waals surface area contributed by atoms with Crippen LogP contribution in [0.25, 0.3) is 0 Å². The third-order valence-electron chi connectivity index (χ3n) is 4.76. The molecular weight excluding hydrogens is 376 g/mol. The van der Waals surface area contributed by atoms with Gasteiger partial charge in [0.2, 0.25) is 0 Å². The molecule has 3 unspecified atom stereocenters. The van der Waals surface area contributed by atoms with Crippen LogP contribution < -0.4 is 10.8 Å². The molecule has 0 aliphatic carbocycles. The number of hydroxylamine groups is 3. The molecule has 10 nitrogen and oxygen atoms in total. The fourth-order valence-electron chi connectivity index (χ4n) is 3.50. The summed E-state index contributed by atoms with van der Waals surface area (Å²) in [7, 11) is 0. The van der Waals surface area contributed by atoms with E-state index in [1.54, 1.807) is 0 Å². The molecule has 0 saturated carbocycles. The first-order valence-corrected chi connectivity index (χ1v) is 9.61. The van der Waals surface area contributed by atoms with E-state index < -0.39 is 29.3 Å². The van der Waals surface area contributed by atoms with Crippen LogP contribution in [0.1, 0.15) is 19.3 Å². The van der Waals surface area contributed by atoms with E-state index in [4.69, 9.17) is 16.4 Å². The van der Waals surface area contributed by atoms with Gasteiger partial charge in [-0.25, -0.2) is 14.5 Å². The van der Waals surface area contributed by atoms with Gasteiger partial charge in [-0.3, -0.25) is 9.63 Å². The number of piperidine rings is 1. The lowest BCUT2D eigenvalue weighted by atomic mass is 10.0. The van der Waals surface area contributed by atoms with Crippen LogP contribution in [-0.2, 0) is 25.3 Å². The van der Waals surface area contributed by atoms with Gasteiger partial charge in [0, 0.05) is 18.5 Å². The van der Waals surface area contributed by atoms with Gasteiger partial charge >= 0.3 is 6.03 Å². The van der Waals surface area contributed by atoms with Crippen LogP contribution in [0.2, 0.25) is 0 Å². The summed E-state index contributed by atoms with van der Waals surface area (Å²) in [6, 6.07) is -1.58. The lowest BCUT2D eigenvalue weighted by molar-refractivity contribution is -0.139. The summed E-state index contributed by atoms with van der Waals surface area (Å²) in [5.74, 6) is 0.563. The van der Waals surface area contributed by atoms with Gasteiger partial charge in [0.15, 0.2) is 0 Å². The van der Waals surface area contributed by atoms with Crippen LogP contribution in [-0.4, -0.2) is 74.4 Å². The molecule has 2 bridgehead atoms. The van der Waals surface area contributed by atoms with E-state index in [2.05, 4.69) is 15.1 Å². The number of carbonyl (C=O) groups is 2. The van der Waals surface area contributed by atoms with Gasteiger partial charge < -0.3 is 14.8 Å². The predicted octanol–water partition coefficient (Wildman–Crippen LogP) is -0.755. The van der Waals surface area contributed by atoms with E-state index in [0.29, 0.717) is 31.2 Å². The molecule has 3 rings (SSSR count). The zero-order chi connectivity index (χ0) is 18.0. The Bertz CT molecular complexity index is 555. The normalized spacial score (nSPS) is 33.0. The van der Waals surface area contributed by atoms with Crippen molar-refractivity contribution in [2.75, 3.05) is 25.6 Å². The molecule has 142 valence electrons. The predicted molar refractivity (Wildman–Crippen MR) is 85.5 cm³/mol. The zero-order valence-electron chi connectivity index (χ0n) is 13.4. The van der Waals surface area contributed by atoms with Crippen molar-refractivity contribution in [3.63, 3.8) is 0 Å². The summed E-state index contributed by atoms with van der Waals surface area (Å²) in [6.07, 6.45) is 1.76. The average molecular weight is 396 g/mol. The van der Waals surface area contributed by atoms with Gasteiger partial charge in [-0.15, -0.1) is 11.6 Å². The largest absolute Gasteiger partial charge is 0.748 e. The number of alkyl halides is 1. The summed E-state index contributed by atoms with van der Waals surface area (Å²) in [5.41, 5.74) is 2.38. The van der Waals surface area contributed by atoms with E-state index in [-0.39, 0.29) is 18.6 Å².